The molecule has 28 heavy (non-hydrogen) atoms. The summed E-state index contributed by atoms with van der Waals surface area (Å²) in [4.78, 5) is 26.3. The number of nitriles is 1. The fourth-order valence-corrected chi connectivity index (χ4v) is 5.19. The Bertz CT molecular complexity index is 1070. The minimum absolute atomic E-state index is 0.00303. The van der Waals surface area contributed by atoms with Crippen molar-refractivity contribution in [3.63, 3.8) is 0 Å². The van der Waals surface area contributed by atoms with Crippen LogP contribution in [0.1, 0.15) is 38.8 Å². The first-order valence-corrected chi connectivity index (χ1v) is 10.4. The van der Waals surface area contributed by atoms with Crippen molar-refractivity contribution >= 4 is 27.8 Å². The molecule has 1 fully saturated rings. The van der Waals surface area contributed by atoms with Crippen molar-refractivity contribution in [3.05, 3.63) is 52.2 Å². The highest BCUT2D eigenvalue weighted by Gasteiger charge is 2.56. The van der Waals surface area contributed by atoms with Crippen molar-refractivity contribution < 1.29 is 22.7 Å². The second-order valence-corrected chi connectivity index (χ2v) is 9.86. The number of esters is 1. The molecule has 3 rings (SSSR count). The molecule has 1 aromatic carbocycles. The molecule has 2 aliphatic heterocycles. The molecule has 0 bridgehead atoms. The number of hydrogen-bond acceptors (Lipinski definition) is 6. The van der Waals surface area contributed by atoms with Crippen molar-refractivity contribution in [2.24, 2.45) is 0 Å². The number of sulfone groups is 1. The van der Waals surface area contributed by atoms with Gasteiger partial charge < -0.3 is 4.74 Å². The Morgan fingerprint density at radius 1 is 1.29 bits per heavy atom. The SMILES string of the molecule is CC1=C(C(=O)OC(C)(C)C)N2C(=O)/C(=C/c3ccc(C#N)cc3)C2S(=O)(=O)C1. The van der Waals surface area contributed by atoms with Crippen LogP contribution in [0.25, 0.3) is 6.08 Å². The smallest absolute Gasteiger partial charge is 0.355 e. The Morgan fingerprint density at radius 2 is 1.89 bits per heavy atom. The molecule has 0 aromatic heterocycles. The fourth-order valence-electron chi connectivity index (χ4n) is 3.22. The van der Waals surface area contributed by atoms with Gasteiger partial charge in [-0.15, -0.1) is 0 Å². The monoisotopic (exact) mass is 400 g/mol. The van der Waals surface area contributed by atoms with Gasteiger partial charge in [-0.1, -0.05) is 12.1 Å². The van der Waals surface area contributed by atoms with E-state index in [1.807, 2.05) is 6.07 Å². The van der Waals surface area contributed by atoms with Crippen molar-refractivity contribution in [1.29, 1.82) is 5.26 Å². The summed E-state index contributed by atoms with van der Waals surface area (Å²) in [7, 11) is -3.68. The zero-order valence-corrected chi connectivity index (χ0v) is 16.8. The third-order valence-corrected chi connectivity index (χ3v) is 6.30. The standard InChI is InChI=1S/C20H20N2O5S/c1-12-11-28(25,26)18-15(9-13-5-7-14(10-21)8-6-13)17(23)22(18)16(12)19(24)27-20(2,3)4/h5-9,18H,11H2,1-4H3/b15-9-. The lowest BCUT2D eigenvalue weighted by Gasteiger charge is -2.45. The molecule has 7 nitrogen and oxygen atoms in total. The van der Waals surface area contributed by atoms with E-state index < -0.39 is 32.7 Å². The van der Waals surface area contributed by atoms with Crippen molar-refractivity contribution in [2.75, 3.05) is 5.75 Å². The van der Waals surface area contributed by atoms with Gasteiger partial charge in [0.2, 0.25) is 0 Å². The Labute approximate surface area is 163 Å². The van der Waals surface area contributed by atoms with Gasteiger partial charge >= 0.3 is 5.97 Å². The number of β-lactam (4-membered cyclic amide) rings is 1. The number of ether oxygens (including phenoxy) is 1. The van der Waals surface area contributed by atoms with Gasteiger partial charge in [-0.3, -0.25) is 9.69 Å². The third-order valence-electron chi connectivity index (χ3n) is 4.32. The van der Waals surface area contributed by atoms with Crippen LogP contribution in [0.2, 0.25) is 0 Å². The number of hydrogen-bond donors (Lipinski definition) is 0. The summed E-state index contributed by atoms with van der Waals surface area (Å²) < 4.78 is 30.7. The largest absolute Gasteiger partial charge is 0.455 e. The first-order valence-electron chi connectivity index (χ1n) is 8.64. The lowest BCUT2D eigenvalue weighted by Crippen LogP contribution is -2.62. The molecule has 0 spiro atoms. The van der Waals surface area contributed by atoms with Crippen LogP contribution in [0, 0.1) is 11.3 Å². The number of carbonyl (C=O) groups is 2. The maximum Gasteiger partial charge on any atom is 0.355 e. The number of benzene rings is 1. The van der Waals surface area contributed by atoms with E-state index in [1.165, 1.54) is 13.0 Å². The average molecular weight is 400 g/mol. The van der Waals surface area contributed by atoms with Crippen LogP contribution in [-0.2, 0) is 24.2 Å². The Kier molecular flexibility index (Phi) is 4.68. The van der Waals surface area contributed by atoms with Crippen LogP contribution in [0.5, 0.6) is 0 Å². The second-order valence-electron chi connectivity index (χ2n) is 7.80. The van der Waals surface area contributed by atoms with Crippen LogP contribution in [0.4, 0.5) is 0 Å². The highest BCUT2D eigenvalue weighted by molar-refractivity contribution is 7.92. The topological polar surface area (TPSA) is 105 Å². The first kappa shape index (κ1) is 19.8. The molecule has 1 saturated heterocycles. The highest BCUT2D eigenvalue weighted by atomic mass is 32.2. The zero-order chi connectivity index (χ0) is 20.9. The minimum atomic E-state index is -3.68. The highest BCUT2D eigenvalue weighted by Crippen LogP contribution is 2.41. The number of carbonyl (C=O) groups excluding carboxylic acids is 2. The molecule has 1 amide bonds. The van der Waals surface area contributed by atoms with Crippen LogP contribution < -0.4 is 0 Å². The maximum absolute atomic E-state index is 12.7. The number of rotatable bonds is 2. The normalized spacial score (nSPS) is 22.4. The first-order chi connectivity index (χ1) is 12.9. The van der Waals surface area contributed by atoms with Gasteiger partial charge in [0.15, 0.2) is 15.2 Å². The zero-order valence-electron chi connectivity index (χ0n) is 16.0. The average Bonchev–Trinajstić information content (AvgIpc) is 2.57. The summed E-state index contributed by atoms with van der Waals surface area (Å²) in [5, 5.41) is 7.66. The van der Waals surface area contributed by atoms with Crippen LogP contribution >= 0.6 is 0 Å². The summed E-state index contributed by atoms with van der Waals surface area (Å²) in [6, 6.07) is 8.42. The van der Waals surface area contributed by atoms with E-state index in [0.717, 1.165) is 4.90 Å². The molecule has 1 unspecified atom stereocenters. The lowest BCUT2D eigenvalue weighted by atomic mass is 9.99. The summed E-state index contributed by atoms with van der Waals surface area (Å²) in [5.41, 5.74) is 0.666. The van der Waals surface area contributed by atoms with Crippen molar-refractivity contribution in [2.45, 2.75) is 38.7 Å². The van der Waals surface area contributed by atoms with Gasteiger partial charge in [0.25, 0.3) is 5.91 Å². The number of nitrogens with zero attached hydrogens (tertiary/aromatic N) is 2. The Hall–Kier alpha value is -2.92. The van der Waals surface area contributed by atoms with Gasteiger partial charge in [-0.25, -0.2) is 13.2 Å². The summed E-state index contributed by atoms with van der Waals surface area (Å²) in [6.45, 7) is 6.62. The van der Waals surface area contributed by atoms with Gasteiger partial charge in [-0.05, 0) is 57.0 Å². The molecule has 2 heterocycles. The van der Waals surface area contributed by atoms with E-state index in [9.17, 15) is 18.0 Å². The van der Waals surface area contributed by atoms with E-state index in [4.69, 9.17) is 10.00 Å². The quantitative estimate of drug-likeness (QED) is 0.428. The molecular weight excluding hydrogens is 380 g/mol. The number of amides is 1. The predicted octanol–water partition coefficient (Wildman–Crippen LogP) is 2.15. The van der Waals surface area contributed by atoms with Gasteiger partial charge in [0, 0.05) is 0 Å². The molecule has 2 aliphatic rings. The molecule has 1 aromatic rings. The molecule has 1 atom stereocenters. The molecule has 0 radical (unpaired) electrons. The third kappa shape index (κ3) is 3.45. The Balaban J connectivity index is 2.00. The van der Waals surface area contributed by atoms with E-state index in [0.29, 0.717) is 11.1 Å². The van der Waals surface area contributed by atoms with E-state index in [2.05, 4.69) is 0 Å². The van der Waals surface area contributed by atoms with E-state index in [-0.39, 0.29) is 22.6 Å². The lowest BCUT2D eigenvalue weighted by molar-refractivity contribution is -0.155. The molecular formula is C20H20N2O5S. The van der Waals surface area contributed by atoms with Crippen molar-refractivity contribution in [1.82, 2.24) is 4.90 Å². The van der Waals surface area contributed by atoms with Crippen LogP contribution in [0.15, 0.2) is 41.1 Å². The summed E-state index contributed by atoms with van der Waals surface area (Å²) in [6.07, 6.45) is 1.48. The molecule has 0 saturated carbocycles. The van der Waals surface area contributed by atoms with Gasteiger partial charge in [-0.2, -0.15) is 5.26 Å². The van der Waals surface area contributed by atoms with E-state index in [1.54, 1.807) is 45.0 Å². The van der Waals surface area contributed by atoms with Gasteiger partial charge in [0.1, 0.15) is 11.3 Å². The predicted molar refractivity (Wildman–Crippen MR) is 102 cm³/mol. The Morgan fingerprint density at radius 3 is 2.43 bits per heavy atom. The number of fused-ring (bicyclic) bond motifs is 1. The summed E-state index contributed by atoms with van der Waals surface area (Å²) in [5.74, 6) is -1.57. The molecule has 8 heteroatoms. The fraction of sp³-hybridized carbons (Fsp3) is 0.350. The van der Waals surface area contributed by atoms with Crippen molar-refractivity contribution in [3.8, 4) is 6.07 Å². The molecule has 0 N–H and O–H groups in total. The van der Waals surface area contributed by atoms with Crippen LogP contribution in [-0.4, -0.2) is 41.9 Å². The van der Waals surface area contributed by atoms with Gasteiger partial charge in [0.05, 0.1) is 23.0 Å². The molecule has 0 aliphatic carbocycles. The van der Waals surface area contributed by atoms with E-state index >= 15 is 0 Å². The molecule has 146 valence electrons. The maximum atomic E-state index is 12.7. The van der Waals surface area contributed by atoms with Crippen LogP contribution in [0.3, 0.4) is 0 Å². The second kappa shape index (κ2) is 6.60. The minimum Gasteiger partial charge on any atom is -0.455 e. The summed E-state index contributed by atoms with van der Waals surface area (Å²) >= 11 is 0.